The quantitative estimate of drug-likeness (QED) is 0.727. The van der Waals surface area contributed by atoms with Gasteiger partial charge in [-0.1, -0.05) is 5.21 Å². The van der Waals surface area contributed by atoms with Gasteiger partial charge in [-0.2, -0.15) is 0 Å². The molecular formula is C9H14N4. The van der Waals surface area contributed by atoms with Gasteiger partial charge in [0.05, 0.1) is 5.69 Å². The van der Waals surface area contributed by atoms with E-state index in [-0.39, 0.29) is 0 Å². The number of nitrogens with zero attached hydrogens (tertiary/aromatic N) is 3. The molecule has 1 aromatic rings. The summed E-state index contributed by atoms with van der Waals surface area (Å²) in [4.78, 5) is 0. The molecule has 0 spiro atoms. The van der Waals surface area contributed by atoms with E-state index in [1.165, 1.54) is 18.5 Å². The van der Waals surface area contributed by atoms with Crippen molar-refractivity contribution in [1.82, 2.24) is 20.3 Å². The van der Waals surface area contributed by atoms with E-state index in [1.54, 1.807) is 0 Å². The SMILES string of the molecule is c1c(C2CNC2)nnn1CC1CC1. The van der Waals surface area contributed by atoms with Crippen LogP contribution >= 0.6 is 0 Å². The van der Waals surface area contributed by atoms with Crippen molar-refractivity contribution < 1.29 is 0 Å². The molecule has 1 aliphatic carbocycles. The van der Waals surface area contributed by atoms with E-state index in [1.807, 2.05) is 4.68 Å². The van der Waals surface area contributed by atoms with Gasteiger partial charge in [-0.15, -0.1) is 5.10 Å². The van der Waals surface area contributed by atoms with Gasteiger partial charge >= 0.3 is 0 Å². The highest BCUT2D eigenvalue weighted by molar-refractivity contribution is 5.08. The molecule has 1 saturated carbocycles. The maximum atomic E-state index is 4.19. The second-order valence-electron chi connectivity index (χ2n) is 4.16. The van der Waals surface area contributed by atoms with Crippen LogP contribution in [0.15, 0.2) is 6.20 Å². The number of hydrogen-bond acceptors (Lipinski definition) is 3. The van der Waals surface area contributed by atoms with Gasteiger partial charge in [0, 0.05) is 31.7 Å². The van der Waals surface area contributed by atoms with E-state index in [4.69, 9.17) is 0 Å². The largest absolute Gasteiger partial charge is 0.315 e. The van der Waals surface area contributed by atoms with E-state index >= 15 is 0 Å². The average Bonchev–Trinajstić information content (AvgIpc) is 2.69. The normalized spacial score (nSPS) is 23.1. The molecule has 0 unspecified atom stereocenters. The molecule has 1 saturated heterocycles. The van der Waals surface area contributed by atoms with Crippen molar-refractivity contribution in [2.45, 2.75) is 25.3 Å². The van der Waals surface area contributed by atoms with Crippen LogP contribution < -0.4 is 5.32 Å². The molecular weight excluding hydrogens is 164 g/mol. The Morgan fingerprint density at radius 2 is 2.31 bits per heavy atom. The Morgan fingerprint density at radius 3 is 2.92 bits per heavy atom. The smallest absolute Gasteiger partial charge is 0.0883 e. The lowest BCUT2D eigenvalue weighted by Crippen LogP contribution is -2.40. The van der Waals surface area contributed by atoms with Gasteiger partial charge in [-0.25, -0.2) is 0 Å². The first-order valence-corrected chi connectivity index (χ1v) is 5.02. The van der Waals surface area contributed by atoms with E-state index in [0.29, 0.717) is 5.92 Å². The van der Waals surface area contributed by atoms with Crippen molar-refractivity contribution in [3.05, 3.63) is 11.9 Å². The molecule has 2 fully saturated rings. The monoisotopic (exact) mass is 178 g/mol. The van der Waals surface area contributed by atoms with Gasteiger partial charge in [0.2, 0.25) is 0 Å². The van der Waals surface area contributed by atoms with Gasteiger partial charge in [0.15, 0.2) is 0 Å². The molecule has 70 valence electrons. The number of nitrogens with one attached hydrogen (secondary N) is 1. The molecule has 4 nitrogen and oxygen atoms in total. The maximum Gasteiger partial charge on any atom is 0.0883 e. The zero-order chi connectivity index (χ0) is 8.67. The van der Waals surface area contributed by atoms with Crippen LogP contribution in [0.5, 0.6) is 0 Å². The highest BCUT2D eigenvalue weighted by atomic mass is 15.4. The predicted octanol–water partition coefficient (Wildman–Crippen LogP) is 0.375. The van der Waals surface area contributed by atoms with Crippen molar-refractivity contribution in [2.75, 3.05) is 13.1 Å². The summed E-state index contributed by atoms with van der Waals surface area (Å²) in [7, 11) is 0. The summed E-state index contributed by atoms with van der Waals surface area (Å²) in [6, 6.07) is 0. The molecule has 1 N–H and O–H groups in total. The van der Waals surface area contributed by atoms with Gasteiger partial charge in [-0.05, 0) is 18.8 Å². The summed E-state index contributed by atoms with van der Waals surface area (Å²) in [5.41, 5.74) is 1.17. The van der Waals surface area contributed by atoms with Crippen molar-refractivity contribution in [3.8, 4) is 0 Å². The fourth-order valence-corrected chi connectivity index (χ4v) is 1.65. The fraction of sp³-hybridized carbons (Fsp3) is 0.778. The number of aromatic nitrogens is 3. The molecule has 1 aliphatic heterocycles. The summed E-state index contributed by atoms with van der Waals surface area (Å²) < 4.78 is 2.01. The average molecular weight is 178 g/mol. The first-order valence-electron chi connectivity index (χ1n) is 5.02. The zero-order valence-electron chi connectivity index (χ0n) is 7.61. The third-order valence-electron chi connectivity index (χ3n) is 2.90. The van der Waals surface area contributed by atoms with Gasteiger partial charge in [-0.3, -0.25) is 4.68 Å². The van der Waals surface area contributed by atoms with Crippen molar-refractivity contribution in [1.29, 1.82) is 0 Å². The van der Waals surface area contributed by atoms with Crippen LogP contribution in [0.4, 0.5) is 0 Å². The van der Waals surface area contributed by atoms with E-state index in [2.05, 4.69) is 21.8 Å². The van der Waals surface area contributed by atoms with E-state index < -0.39 is 0 Å². The van der Waals surface area contributed by atoms with Crippen molar-refractivity contribution in [2.24, 2.45) is 5.92 Å². The summed E-state index contributed by atoms with van der Waals surface area (Å²) in [6.45, 7) is 3.22. The highest BCUT2D eigenvalue weighted by Gasteiger charge is 2.25. The lowest BCUT2D eigenvalue weighted by atomic mass is 10.0. The van der Waals surface area contributed by atoms with Crippen LogP contribution in [0, 0.1) is 5.92 Å². The molecule has 0 amide bonds. The number of hydrogen-bond donors (Lipinski definition) is 1. The molecule has 0 bridgehead atoms. The Hall–Kier alpha value is -0.900. The van der Waals surface area contributed by atoms with E-state index in [9.17, 15) is 0 Å². The summed E-state index contributed by atoms with van der Waals surface area (Å²) >= 11 is 0. The molecule has 0 atom stereocenters. The van der Waals surface area contributed by atoms with Crippen LogP contribution in [0.3, 0.4) is 0 Å². The standard InChI is InChI=1S/C9H14N4/c1-2-7(1)5-13-6-9(11-12-13)8-3-10-4-8/h6-8,10H,1-5H2. The summed E-state index contributed by atoms with van der Waals surface area (Å²) in [5.74, 6) is 1.50. The van der Waals surface area contributed by atoms with Crippen molar-refractivity contribution >= 4 is 0 Å². The Morgan fingerprint density at radius 1 is 1.46 bits per heavy atom. The van der Waals surface area contributed by atoms with Gasteiger partial charge in [0.25, 0.3) is 0 Å². The minimum absolute atomic E-state index is 0.618. The maximum absolute atomic E-state index is 4.19. The Balaban J connectivity index is 1.69. The van der Waals surface area contributed by atoms with E-state index in [0.717, 1.165) is 25.6 Å². The first-order chi connectivity index (χ1) is 6.42. The third kappa shape index (κ3) is 1.46. The van der Waals surface area contributed by atoms with Crippen LogP contribution in [-0.4, -0.2) is 28.1 Å². The van der Waals surface area contributed by atoms with Crippen LogP contribution in [0.2, 0.25) is 0 Å². The highest BCUT2D eigenvalue weighted by Crippen LogP contribution is 2.30. The molecule has 4 heteroatoms. The molecule has 13 heavy (non-hydrogen) atoms. The minimum Gasteiger partial charge on any atom is -0.315 e. The molecule has 0 aromatic carbocycles. The molecule has 0 radical (unpaired) electrons. The Labute approximate surface area is 77.3 Å². The number of rotatable bonds is 3. The summed E-state index contributed by atoms with van der Waals surface area (Å²) in [6.07, 6.45) is 4.87. The van der Waals surface area contributed by atoms with Crippen molar-refractivity contribution in [3.63, 3.8) is 0 Å². The lowest BCUT2D eigenvalue weighted by molar-refractivity contribution is 0.439. The first kappa shape index (κ1) is 7.50. The predicted molar refractivity (Wildman–Crippen MR) is 48.4 cm³/mol. The Kier molecular flexibility index (Phi) is 1.62. The fourth-order valence-electron chi connectivity index (χ4n) is 1.65. The van der Waals surface area contributed by atoms with Crippen LogP contribution in [0.1, 0.15) is 24.5 Å². The zero-order valence-corrected chi connectivity index (χ0v) is 7.61. The van der Waals surface area contributed by atoms with Crippen LogP contribution in [-0.2, 0) is 6.54 Å². The topological polar surface area (TPSA) is 42.7 Å². The second kappa shape index (κ2) is 2.80. The summed E-state index contributed by atoms with van der Waals surface area (Å²) in [5, 5.41) is 11.6. The second-order valence-corrected chi connectivity index (χ2v) is 4.16. The lowest BCUT2D eigenvalue weighted by Gasteiger charge is -2.24. The van der Waals surface area contributed by atoms with Crippen LogP contribution in [0.25, 0.3) is 0 Å². The molecule has 2 heterocycles. The van der Waals surface area contributed by atoms with Gasteiger partial charge in [0.1, 0.15) is 0 Å². The minimum atomic E-state index is 0.618. The molecule has 1 aromatic heterocycles. The third-order valence-corrected chi connectivity index (χ3v) is 2.90. The Bertz CT molecular complexity index is 298. The van der Waals surface area contributed by atoms with Gasteiger partial charge < -0.3 is 5.32 Å². The molecule has 2 aliphatic rings. The molecule has 3 rings (SSSR count).